The summed E-state index contributed by atoms with van der Waals surface area (Å²) < 4.78 is 5.52. The van der Waals surface area contributed by atoms with Crippen LogP contribution in [0.4, 0.5) is 0 Å². The van der Waals surface area contributed by atoms with Gasteiger partial charge in [-0.3, -0.25) is 0 Å². The first kappa shape index (κ1) is 10.9. The van der Waals surface area contributed by atoms with Crippen LogP contribution in [0.3, 0.4) is 0 Å². The van der Waals surface area contributed by atoms with E-state index in [-0.39, 0.29) is 5.54 Å². The molecule has 0 spiro atoms. The Labute approximate surface area is 70.1 Å². The Morgan fingerprint density at radius 3 is 2.36 bits per heavy atom. The van der Waals surface area contributed by atoms with E-state index >= 15 is 0 Å². The van der Waals surface area contributed by atoms with Crippen LogP contribution in [0.25, 0.3) is 0 Å². The van der Waals surface area contributed by atoms with E-state index in [1.807, 2.05) is 13.8 Å². The Morgan fingerprint density at radius 1 is 1.45 bits per heavy atom. The van der Waals surface area contributed by atoms with Crippen molar-refractivity contribution in [2.75, 3.05) is 6.61 Å². The van der Waals surface area contributed by atoms with Crippen LogP contribution in [0.15, 0.2) is 0 Å². The van der Waals surface area contributed by atoms with Gasteiger partial charge in [0.25, 0.3) is 0 Å². The van der Waals surface area contributed by atoms with E-state index in [0.717, 1.165) is 6.42 Å². The summed E-state index contributed by atoms with van der Waals surface area (Å²) in [6.07, 6.45) is 2.64. The van der Waals surface area contributed by atoms with Gasteiger partial charge in [0, 0.05) is 5.54 Å². The van der Waals surface area contributed by atoms with Gasteiger partial charge in [0.15, 0.2) is 0 Å². The Kier molecular flexibility index (Phi) is 4.69. The minimum Gasteiger partial charge on any atom is -0.377 e. The third-order valence-corrected chi connectivity index (χ3v) is 1.44. The van der Waals surface area contributed by atoms with Crippen molar-refractivity contribution in [1.29, 1.82) is 0 Å². The van der Waals surface area contributed by atoms with Crippen LogP contribution in [0, 0.1) is 0 Å². The molecule has 0 fully saturated rings. The fourth-order valence-corrected chi connectivity index (χ4v) is 0.847. The first-order valence-electron chi connectivity index (χ1n) is 4.36. The van der Waals surface area contributed by atoms with Gasteiger partial charge < -0.3 is 10.5 Å². The summed E-state index contributed by atoms with van der Waals surface area (Å²) in [5, 5.41) is 0. The van der Waals surface area contributed by atoms with Crippen LogP contribution >= 0.6 is 0 Å². The number of ether oxygens (including phenoxy) is 1. The maximum Gasteiger partial charge on any atom is 0.0644 e. The zero-order valence-electron chi connectivity index (χ0n) is 8.18. The second-order valence-electron chi connectivity index (χ2n) is 3.90. The SMILES string of the molecule is CCCC(C)OCC(C)(C)N. The molecule has 1 unspecified atom stereocenters. The van der Waals surface area contributed by atoms with Crippen molar-refractivity contribution in [2.24, 2.45) is 5.73 Å². The van der Waals surface area contributed by atoms with Crippen LogP contribution in [0.2, 0.25) is 0 Å². The van der Waals surface area contributed by atoms with E-state index in [4.69, 9.17) is 10.5 Å². The molecule has 0 aromatic rings. The molecule has 0 aliphatic heterocycles. The van der Waals surface area contributed by atoms with Crippen LogP contribution in [0.5, 0.6) is 0 Å². The zero-order valence-corrected chi connectivity index (χ0v) is 8.18. The predicted octanol–water partition coefficient (Wildman–Crippen LogP) is 1.93. The maximum absolute atomic E-state index is 5.75. The first-order valence-corrected chi connectivity index (χ1v) is 4.36. The Bertz CT molecular complexity index is 96.2. The van der Waals surface area contributed by atoms with Gasteiger partial charge >= 0.3 is 0 Å². The van der Waals surface area contributed by atoms with Gasteiger partial charge in [-0.2, -0.15) is 0 Å². The standard InChI is InChI=1S/C9H21NO/c1-5-6-8(2)11-7-9(3,4)10/h8H,5-7,10H2,1-4H3. The summed E-state index contributed by atoms with van der Waals surface area (Å²) in [4.78, 5) is 0. The summed E-state index contributed by atoms with van der Waals surface area (Å²) >= 11 is 0. The van der Waals surface area contributed by atoms with Crippen molar-refractivity contribution in [3.63, 3.8) is 0 Å². The Hall–Kier alpha value is -0.0800. The van der Waals surface area contributed by atoms with Crippen molar-refractivity contribution in [3.8, 4) is 0 Å². The molecule has 0 aromatic heterocycles. The van der Waals surface area contributed by atoms with Crippen LogP contribution in [0.1, 0.15) is 40.5 Å². The van der Waals surface area contributed by atoms with Gasteiger partial charge in [-0.15, -0.1) is 0 Å². The minimum absolute atomic E-state index is 0.192. The van der Waals surface area contributed by atoms with E-state index in [9.17, 15) is 0 Å². The molecule has 2 N–H and O–H groups in total. The van der Waals surface area contributed by atoms with Gasteiger partial charge in [-0.25, -0.2) is 0 Å². The zero-order chi connectivity index (χ0) is 8.91. The van der Waals surface area contributed by atoms with Crippen molar-refractivity contribution in [3.05, 3.63) is 0 Å². The highest BCUT2D eigenvalue weighted by molar-refractivity contribution is 4.70. The molecule has 0 saturated carbocycles. The molecule has 2 nitrogen and oxygen atoms in total. The topological polar surface area (TPSA) is 35.2 Å². The average Bonchev–Trinajstić information content (AvgIpc) is 1.83. The maximum atomic E-state index is 5.75. The highest BCUT2D eigenvalue weighted by Gasteiger charge is 2.12. The Morgan fingerprint density at radius 2 is 2.00 bits per heavy atom. The quantitative estimate of drug-likeness (QED) is 0.665. The van der Waals surface area contributed by atoms with E-state index in [0.29, 0.717) is 12.7 Å². The molecule has 0 aliphatic rings. The summed E-state index contributed by atoms with van der Waals surface area (Å²) in [5.41, 5.74) is 5.56. The van der Waals surface area contributed by atoms with E-state index < -0.39 is 0 Å². The molecule has 68 valence electrons. The Balaban J connectivity index is 3.38. The average molecular weight is 159 g/mol. The lowest BCUT2D eigenvalue weighted by molar-refractivity contribution is 0.0336. The van der Waals surface area contributed by atoms with Crippen LogP contribution < -0.4 is 5.73 Å². The fourth-order valence-electron chi connectivity index (χ4n) is 0.847. The molecule has 0 saturated heterocycles. The van der Waals surface area contributed by atoms with Crippen LogP contribution in [-0.4, -0.2) is 18.2 Å². The highest BCUT2D eigenvalue weighted by Crippen LogP contribution is 2.04. The van der Waals surface area contributed by atoms with Crippen molar-refractivity contribution in [2.45, 2.75) is 52.2 Å². The third kappa shape index (κ3) is 7.82. The minimum atomic E-state index is -0.192. The lowest BCUT2D eigenvalue weighted by Gasteiger charge is -2.21. The van der Waals surface area contributed by atoms with Crippen molar-refractivity contribution >= 4 is 0 Å². The van der Waals surface area contributed by atoms with E-state index in [2.05, 4.69) is 13.8 Å². The summed E-state index contributed by atoms with van der Waals surface area (Å²) in [5.74, 6) is 0. The smallest absolute Gasteiger partial charge is 0.0644 e. The third-order valence-electron chi connectivity index (χ3n) is 1.44. The second kappa shape index (κ2) is 4.73. The molecule has 0 aromatic carbocycles. The molecule has 11 heavy (non-hydrogen) atoms. The number of rotatable bonds is 5. The summed E-state index contributed by atoms with van der Waals surface area (Å²) in [6.45, 7) is 8.86. The lowest BCUT2D eigenvalue weighted by Crippen LogP contribution is -2.38. The molecule has 0 bridgehead atoms. The number of hydrogen-bond donors (Lipinski definition) is 1. The van der Waals surface area contributed by atoms with E-state index in [1.165, 1.54) is 6.42 Å². The largest absolute Gasteiger partial charge is 0.377 e. The van der Waals surface area contributed by atoms with Gasteiger partial charge in [0.2, 0.25) is 0 Å². The normalized spacial score (nSPS) is 15.0. The molecular formula is C9H21NO. The van der Waals surface area contributed by atoms with Crippen molar-refractivity contribution < 1.29 is 4.74 Å². The first-order chi connectivity index (χ1) is 4.95. The van der Waals surface area contributed by atoms with Gasteiger partial charge in [0.05, 0.1) is 12.7 Å². The summed E-state index contributed by atoms with van der Waals surface area (Å²) in [6, 6.07) is 0. The molecule has 0 aliphatic carbocycles. The van der Waals surface area contributed by atoms with E-state index in [1.54, 1.807) is 0 Å². The number of nitrogens with two attached hydrogens (primary N) is 1. The summed E-state index contributed by atoms with van der Waals surface area (Å²) in [7, 11) is 0. The second-order valence-corrected chi connectivity index (χ2v) is 3.90. The molecule has 0 amide bonds. The molecule has 0 rings (SSSR count). The van der Waals surface area contributed by atoms with Gasteiger partial charge in [-0.05, 0) is 27.2 Å². The molecule has 0 radical (unpaired) electrons. The molecule has 2 heteroatoms. The fraction of sp³-hybridized carbons (Fsp3) is 1.00. The highest BCUT2D eigenvalue weighted by atomic mass is 16.5. The van der Waals surface area contributed by atoms with Crippen LogP contribution in [-0.2, 0) is 4.74 Å². The molecule has 0 heterocycles. The van der Waals surface area contributed by atoms with Gasteiger partial charge in [-0.1, -0.05) is 13.3 Å². The number of hydrogen-bond acceptors (Lipinski definition) is 2. The predicted molar refractivity (Wildman–Crippen MR) is 48.6 cm³/mol. The van der Waals surface area contributed by atoms with Crippen molar-refractivity contribution in [1.82, 2.24) is 0 Å². The lowest BCUT2D eigenvalue weighted by atomic mass is 10.1. The van der Waals surface area contributed by atoms with Gasteiger partial charge in [0.1, 0.15) is 0 Å². The molecule has 1 atom stereocenters. The molecular weight excluding hydrogens is 138 g/mol. The monoisotopic (exact) mass is 159 g/mol.